The fraction of sp³-hybridized carbons (Fsp3) is 0.544. The van der Waals surface area contributed by atoms with E-state index in [-0.39, 0.29) is 48.1 Å². The maximum absolute atomic E-state index is 12.1. The lowest BCUT2D eigenvalue weighted by molar-refractivity contribution is -0.126. The molecule has 5 nitrogen and oxygen atoms in total. The fourth-order valence-corrected chi connectivity index (χ4v) is 7.10. The van der Waals surface area contributed by atoms with Gasteiger partial charge in [0.2, 0.25) is 0 Å². The molecule has 0 aliphatic carbocycles. The Bertz CT molecular complexity index is 1690. The lowest BCUT2D eigenvalue weighted by atomic mass is 9.82. The number of carbonyl (C=O) groups excluding carboxylic acids is 2. The summed E-state index contributed by atoms with van der Waals surface area (Å²) in [5, 5.41) is 10.2. The van der Waals surface area contributed by atoms with Crippen molar-refractivity contribution in [3.05, 3.63) is 145 Å². The molecular weight excluding hydrogens is 775 g/mol. The summed E-state index contributed by atoms with van der Waals surface area (Å²) >= 11 is 0. The largest absolute Gasteiger partial charge is 0.461 e. The van der Waals surface area contributed by atoms with E-state index in [0.717, 1.165) is 51.1 Å². The van der Waals surface area contributed by atoms with Gasteiger partial charge in [-0.2, -0.15) is 0 Å². The lowest BCUT2D eigenvalue weighted by Crippen LogP contribution is -2.41. The molecule has 1 aliphatic rings. The van der Waals surface area contributed by atoms with E-state index in [1.807, 2.05) is 65.0 Å². The highest BCUT2D eigenvalue weighted by Crippen LogP contribution is 2.37. The third-order valence-electron chi connectivity index (χ3n) is 13.6. The Labute approximate surface area is 386 Å². The Morgan fingerprint density at radius 1 is 0.635 bits per heavy atom. The van der Waals surface area contributed by atoms with Gasteiger partial charge in [-0.15, -0.1) is 13.2 Å². The summed E-state index contributed by atoms with van der Waals surface area (Å²) in [7, 11) is -0.0822. The van der Waals surface area contributed by atoms with E-state index in [1.165, 1.54) is 16.7 Å². The summed E-state index contributed by atoms with van der Waals surface area (Å²) < 4.78 is 11.6. The van der Waals surface area contributed by atoms with Crippen LogP contribution in [0.5, 0.6) is 0 Å². The van der Waals surface area contributed by atoms with E-state index < -0.39 is 0 Å². The van der Waals surface area contributed by atoms with E-state index in [0.29, 0.717) is 29.5 Å². The predicted octanol–water partition coefficient (Wildman–Crippen LogP) is 14.1. The molecule has 0 saturated carbocycles. The van der Waals surface area contributed by atoms with Gasteiger partial charge in [-0.05, 0) is 119 Å². The molecule has 1 fully saturated rings. The number of aldehydes is 1. The second-order valence-corrected chi connectivity index (χ2v) is 19.2. The first-order valence-electron chi connectivity index (χ1n) is 23.8. The van der Waals surface area contributed by atoms with Crippen LogP contribution in [0.4, 0.5) is 0 Å². The van der Waals surface area contributed by atoms with E-state index >= 15 is 0 Å². The molecule has 0 radical (unpaired) electrons. The third-order valence-corrected chi connectivity index (χ3v) is 13.6. The molecule has 0 amide bonds. The van der Waals surface area contributed by atoms with Crippen molar-refractivity contribution in [3.8, 4) is 0 Å². The smallest absolute Gasteiger partial charge is 0.403 e. The number of ketones is 1. The zero-order chi connectivity index (χ0) is 47.6. The number of aliphatic hydroxyl groups is 1. The standard InChI is InChI=1S/C17H26O.C17H24O.C13H18O.C10H19BO2/c2*1-5-13(2)17(18)15(4)14(3)11-12-16-9-7-6-8-10-16;1-11(12(2)10-14)8-9-13-6-4-3-5-7-13;1-6-7-8-11-12-9(2,3)10(4,5)13-11/h5-10,13-15,17-18H,1,11-12H2,2-4H3;5-10,13-15H,1,11-12H2,2-4H3;3-7,10-12H,8-9H2,1-2H3;6-7H,8H2,1-5H3/b;;;7-6-/t13-,14+,15-,17+;13-,14-,15+;11-,12-;/m100./s1. The molecule has 1 N–H and O–H groups in total. The normalized spacial score (nSPS) is 18.2. The van der Waals surface area contributed by atoms with E-state index in [4.69, 9.17) is 9.31 Å². The van der Waals surface area contributed by atoms with Crippen LogP contribution in [0.25, 0.3) is 0 Å². The molecule has 6 heteroatoms. The second-order valence-electron chi connectivity index (χ2n) is 19.2. The molecule has 0 spiro atoms. The summed E-state index contributed by atoms with van der Waals surface area (Å²) in [6.45, 7) is 34.4. The summed E-state index contributed by atoms with van der Waals surface area (Å²) in [6, 6.07) is 31.4. The first kappa shape index (κ1) is 57.2. The van der Waals surface area contributed by atoms with Crippen molar-refractivity contribution < 1.29 is 24.0 Å². The van der Waals surface area contributed by atoms with Gasteiger partial charge in [0.1, 0.15) is 12.1 Å². The van der Waals surface area contributed by atoms with Gasteiger partial charge in [-0.3, -0.25) is 4.79 Å². The Morgan fingerprint density at radius 3 is 1.40 bits per heavy atom. The molecule has 3 aromatic rings. The number of hydrogen-bond donors (Lipinski definition) is 1. The van der Waals surface area contributed by atoms with Crippen LogP contribution in [-0.4, -0.2) is 41.6 Å². The Kier molecular flexibility index (Phi) is 27.5. The molecule has 0 aromatic heterocycles. The minimum absolute atomic E-state index is 0.0285. The van der Waals surface area contributed by atoms with E-state index in [1.54, 1.807) is 6.08 Å². The van der Waals surface area contributed by atoms with Gasteiger partial charge < -0.3 is 19.2 Å². The van der Waals surface area contributed by atoms with E-state index in [9.17, 15) is 14.7 Å². The van der Waals surface area contributed by atoms with Crippen molar-refractivity contribution in [1.29, 1.82) is 0 Å². The number of carbonyl (C=O) groups is 2. The number of aliphatic hydroxyl groups excluding tert-OH is 1. The Morgan fingerprint density at radius 2 is 1.03 bits per heavy atom. The quantitative estimate of drug-likeness (QED) is 0.0656. The molecule has 1 aliphatic heterocycles. The number of allylic oxidation sites excluding steroid dienone is 3. The lowest BCUT2D eigenvalue weighted by Gasteiger charge is -2.32. The molecule has 1 heterocycles. The van der Waals surface area contributed by atoms with Gasteiger partial charge in [-0.1, -0.05) is 171 Å². The molecule has 0 unspecified atom stereocenters. The van der Waals surface area contributed by atoms with Crippen molar-refractivity contribution in [1.82, 2.24) is 0 Å². The third kappa shape index (κ3) is 21.6. The van der Waals surface area contributed by atoms with Crippen molar-refractivity contribution in [2.45, 2.75) is 152 Å². The van der Waals surface area contributed by atoms with Crippen LogP contribution in [0, 0.1) is 47.3 Å². The summed E-state index contributed by atoms with van der Waals surface area (Å²) in [5.41, 5.74) is 3.69. The fourth-order valence-electron chi connectivity index (χ4n) is 7.10. The molecule has 3 aromatic carbocycles. The van der Waals surface area contributed by atoms with Crippen molar-refractivity contribution >= 4 is 19.2 Å². The van der Waals surface area contributed by atoms with Crippen LogP contribution in [0.15, 0.2) is 128 Å². The van der Waals surface area contributed by atoms with Crippen molar-refractivity contribution in [2.24, 2.45) is 47.3 Å². The molecule has 0 bridgehead atoms. The van der Waals surface area contributed by atoms with Crippen LogP contribution >= 0.6 is 0 Å². The molecule has 348 valence electrons. The van der Waals surface area contributed by atoms with Gasteiger partial charge in [0.25, 0.3) is 0 Å². The highest BCUT2D eigenvalue weighted by molar-refractivity contribution is 6.46. The first-order chi connectivity index (χ1) is 29.7. The van der Waals surface area contributed by atoms with Crippen LogP contribution in [0.3, 0.4) is 0 Å². The van der Waals surface area contributed by atoms with Gasteiger partial charge >= 0.3 is 7.12 Å². The summed E-state index contributed by atoms with van der Waals surface area (Å²) in [4.78, 5) is 22.6. The SMILES string of the molecule is C/C=C\CB1OC(C)(C)C(C)(C)O1.C=C[C@@H](C)[C@H](O)[C@H](C)[C@@H](C)CCc1ccccc1.C=C[C@H](C)C(=O)[C@H](C)[C@@H](C)CCc1ccccc1.C[C@@H](C=O)[C@@H](C)CCc1ccccc1. The van der Waals surface area contributed by atoms with Crippen molar-refractivity contribution in [2.75, 3.05) is 0 Å². The maximum Gasteiger partial charge on any atom is 0.461 e. The van der Waals surface area contributed by atoms with Crippen LogP contribution < -0.4 is 0 Å². The predicted molar refractivity (Wildman–Crippen MR) is 271 cm³/mol. The number of benzene rings is 3. The van der Waals surface area contributed by atoms with Gasteiger partial charge in [0.15, 0.2) is 0 Å². The second kappa shape index (κ2) is 30.3. The molecule has 4 rings (SSSR count). The van der Waals surface area contributed by atoms with Gasteiger partial charge in [0, 0.05) is 24.1 Å². The number of hydrogen-bond acceptors (Lipinski definition) is 5. The van der Waals surface area contributed by atoms with Crippen LogP contribution in [0.2, 0.25) is 6.32 Å². The average molecular weight is 863 g/mol. The molecule has 9 atom stereocenters. The van der Waals surface area contributed by atoms with Crippen LogP contribution in [-0.2, 0) is 38.2 Å². The molecule has 63 heavy (non-hydrogen) atoms. The molecular formula is C57H87BO5. The topological polar surface area (TPSA) is 72.8 Å². The zero-order valence-electron chi connectivity index (χ0n) is 41.8. The Balaban J connectivity index is 0.000000424. The number of aryl methyl sites for hydroxylation is 3. The molecule has 1 saturated heterocycles. The van der Waals surface area contributed by atoms with Crippen LogP contribution in [0.1, 0.15) is 126 Å². The van der Waals surface area contributed by atoms with Gasteiger partial charge in [-0.25, -0.2) is 0 Å². The number of rotatable bonds is 21. The average Bonchev–Trinajstić information content (AvgIpc) is 3.52. The minimum atomic E-state index is -0.284. The first-order valence-corrected chi connectivity index (χ1v) is 23.8. The highest BCUT2D eigenvalue weighted by Gasteiger charge is 2.50. The highest BCUT2D eigenvalue weighted by atomic mass is 16.7. The maximum atomic E-state index is 12.1. The van der Waals surface area contributed by atoms with Crippen molar-refractivity contribution in [3.63, 3.8) is 0 Å². The summed E-state index contributed by atoms with van der Waals surface area (Å²) in [5.74, 6) is 2.46. The zero-order valence-corrected chi connectivity index (χ0v) is 41.8. The van der Waals surface area contributed by atoms with E-state index in [2.05, 4.69) is 147 Å². The summed E-state index contributed by atoms with van der Waals surface area (Å²) in [6.07, 6.45) is 15.7. The number of Topliss-reactive ketones (excluding diaryl/α,β-unsaturated/α-hetero) is 1. The van der Waals surface area contributed by atoms with Gasteiger partial charge in [0.05, 0.1) is 17.3 Å². The Hall–Kier alpha value is -3.84. The minimum Gasteiger partial charge on any atom is -0.403 e. The monoisotopic (exact) mass is 863 g/mol.